The van der Waals surface area contributed by atoms with Crippen LogP contribution in [0.1, 0.15) is 42.5 Å². The van der Waals surface area contributed by atoms with Crippen molar-refractivity contribution in [3.05, 3.63) is 35.4 Å². The Balaban J connectivity index is 2.07. The summed E-state index contributed by atoms with van der Waals surface area (Å²) in [6.45, 7) is 0. The second-order valence-electron chi connectivity index (χ2n) is 4.52. The molecule has 1 atom stereocenters. The Morgan fingerprint density at radius 3 is 2.62 bits per heavy atom. The van der Waals surface area contributed by atoms with Crippen molar-refractivity contribution < 1.29 is 8.78 Å². The van der Waals surface area contributed by atoms with Gasteiger partial charge >= 0.3 is 0 Å². The fourth-order valence-electron chi connectivity index (χ4n) is 2.42. The first-order valence-electron chi connectivity index (χ1n) is 5.76. The predicted octanol–water partition coefficient (Wildman–Crippen LogP) is 4.98. The molecule has 1 aliphatic carbocycles. The van der Waals surface area contributed by atoms with Gasteiger partial charge in [-0.05, 0) is 30.5 Å². The molecule has 0 heterocycles. The molecule has 16 heavy (non-hydrogen) atoms. The van der Waals surface area contributed by atoms with E-state index in [1.54, 1.807) is 0 Å². The molecule has 0 saturated heterocycles. The molecular formula is C13H15BrF2. The van der Waals surface area contributed by atoms with Crippen molar-refractivity contribution in [1.29, 1.82) is 0 Å². The summed E-state index contributed by atoms with van der Waals surface area (Å²) in [4.78, 5) is -0.0636. The van der Waals surface area contributed by atoms with E-state index in [0.717, 1.165) is 12.5 Å². The lowest BCUT2D eigenvalue weighted by Gasteiger charge is -2.15. The molecule has 1 fully saturated rings. The van der Waals surface area contributed by atoms with Crippen LogP contribution in [0.5, 0.6) is 0 Å². The molecule has 0 radical (unpaired) electrons. The van der Waals surface area contributed by atoms with Gasteiger partial charge in [0.1, 0.15) is 11.6 Å². The normalized spacial score (nSPS) is 18.9. The van der Waals surface area contributed by atoms with Crippen LogP contribution < -0.4 is 0 Å². The van der Waals surface area contributed by atoms with Gasteiger partial charge in [0.25, 0.3) is 0 Å². The average Bonchev–Trinajstić information content (AvgIpc) is 2.74. The van der Waals surface area contributed by atoms with Gasteiger partial charge in [-0.1, -0.05) is 41.6 Å². The maximum absolute atomic E-state index is 13.5. The van der Waals surface area contributed by atoms with E-state index in [1.165, 1.54) is 37.8 Å². The zero-order chi connectivity index (χ0) is 11.5. The highest BCUT2D eigenvalue weighted by Crippen LogP contribution is 2.38. The van der Waals surface area contributed by atoms with E-state index in [1.807, 2.05) is 0 Å². The number of hydrogen-bond donors (Lipinski definition) is 0. The van der Waals surface area contributed by atoms with Crippen molar-refractivity contribution in [3.63, 3.8) is 0 Å². The van der Waals surface area contributed by atoms with E-state index >= 15 is 0 Å². The molecule has 0 N–H and O–H groups in total. The highest BCUT2D eigenvalue weighted by atomic mass is 79.9. The molecule has 0 aliphatic heterocycles. The largest absolute Gasteiger partial charge is 0.207 e. The first-order valence-corrected chi connectivity index (χ1v) is 6.67. The molecule has 1 unspecified atom stereocenters. The van der Waals surface area contributed by atoms with Crippen LogP contribution in [-0.2, 0) is 0 Å². The third kappa shape index (κ3) is 2.82. The minimum Gasteiger partial charge on any atom is -0.207 e. The summed E-state index contributed by atoms with van der Waals surface area (Å²) in [6.07, 6.45) is 5.89. The minimum atomic E-state index is -0.368. The Bertz CT molecular complexity index is 359. The third-order valence-corrected chi connectivity index (χ3v) is 4.18. The van der Waals surface area contributed by atoms with Crippen molar-refractivity contribution in [2.45, 2.75) is 36.9 Å². The third-order valence-electron chi connectivity index (χ3n) is 3.31. The Kier molecular flexibility index (Phi) is 3.95. The molecule has 1 aliphatic rings. The Morgan fingerprint density at radius 2 is 1.94 bits per heavy atom. The quantitative estimate of drug-likeness (QED) is 0.688. The molecule has 2 rings (SSSR count). The standard InChI is InChI=1S/C13H15BrF2/c14-12(7-9-3-1-2-4-9)11-8-10(15)5-6-13(11)16/h5-6,8-9,12H,1-4,7H2. The van der Waals surface area contributed by atoms with Crippen molar-refractivity contribution >= 4 is 15.9 Å². The van der Waals surface area contributed by atoms with Crippen LogP contribution >= 0.6 is 15.9 Å². The maximum Gasteiger partial charge on any atom is 0.127 e. The molecule has 1 aromatic carbocycles. The fourth-order valence-corrected chi connectivity index (χ4v) is 3.30. The van der Waals surface area contributed by atoms with Gasteiger partial charge in [0.15, 0.2) is 0 Å². The first kappa shape index (κ1) is 12.0. The smallest absolute Gasteiger partial charge is 0.127 e. The van der Waals surface area contributed by atoms with Gasteiger partial charge in [-0.15, -0.1) is 0 Å². The number of alkyl halides is 1. The van der Waals surface area contributed by atoms with Crippen LogP contribution in [0.25, 0.3) is 0 Å². The molecule has 0 spiro atoms. The topological polar surface area (TPSA) is 0 Å². The van der Waals surface area contributed by atoms with E-state index in [4.69, 9.17) is 0 Å². The minimum absolute atomic E-state index is 0.0636. The van der Waals surface area contributed by atoms with Gasteiger partial charge in [-0.3, -0.25) is 0 Å². The van der Waals surface area contributed by atoms with E-state index in [9.17, 15) is 8.78 Å². The molecule has 3 heteroatoms. The van der Waals surface area contributed by atoms with Crippen LogP contribution in [0.2, 0.25) is 0 Å². The lowest BCUT2D eigenvalue weighted by atomic mass is 9.98. The first-order chi connectivity index (χ1) is 7.66. The maximum atomic E-state index is 13.5. The van der Waals surface area contributed by atoms with Gasteiger partial charge < -0.3 is 0 Å². The SMILES string of the molecule is Fc1ccc(F)c(C(Br)CC2CCCC2)c1. The summed E-state index contributed by atoms with van der Waals surface area (Å²) in [5, 5.41) is 0. The molecule has 0 amide bonds. The van der Waals surface area contributed by atoms with Crippen LogP contribution in [0.3, 0.4) is 0 Å². The highest BCUT2D eigenvalue weighted by molar-refractivity contribution is 9.09. The van der Waals surface area contributed by atoms with Crippen LogP contribution in [0.15, 0.2) is 18.2 Å². The average molecular weight is 289 g/mol. The number of benzene rings is 1. The Morgan fingerprint density at radius 1 is 1.25 bits per heavy atom. The van der Waals surface area contributed by atoms with Crippen molar-refractivity contribution in [2.75, 3.05) is 0 Å². The molecule has 1 saturated carbocycles. The van der Waals surface area contributed by atoms with Gasteiger partial charge in [-0.2, -0.15) is 0 Å². The van der Waals surface area contributed by atoms with E-state index in [0.29, 0.717) is 11.5 Å². The molecule has 88 valence electrons. The molecule has 0 bridgehead atoms. The summed E-state index contributed by atoms with van der Waals surface area (Å²) < 4.78 is 26.5. The van der Waals surface area contributed by atoms with Crippen LogP contribution in [0.4, 0.5) is 8.78 Å². The monoisotopic (exact) mass is 288 g/mol. The van der Waals surface area contributed by atoms with E-state index in [-0.39, 0.29) is 16.5 Å². The zero-order valence-electron chi connectivity index (χ0n) is 9.06. The number of halogens is 3. The summed E-state index contributed by atoms with van der Waals surface area (Å²) in [6, 6.07) is 3.66. The molecule has 0 aromatic heterocycles. The van der Waals surface area contributed by atoms with Crippen LogP contribution in [-0.4, -0.2) is 0 Å². The number of rotatable bonds is 3. The van der Waals surface area contributed by atoms with E-state index in [2.05, 4.69) is 15.9 Å². The van der Waals surface area contributed by atoms with Crippen molar-refractivity contribution in [1.82, 2.24) is 0 Å². The summed E-state index contributed by atoms with van der Waals surface area (Å²) >= 11 is 3.47. The van der Waals surface area contributed by atoms with Crippen molar-refractivity contribution in [3.8, 4) is 0 Å². The molecule has 0 nitrogen and oxygen atoms in total. The van der Waals surface area contributed by atoms with Crippen LogP contribution in [0, 0.1) is 17.6 Å². The van der Waals surface area contributed by atoms with Gasteiger partial charge in [-0.25, -0.2) is 8.78 Å². The van der Waals surface area contributed by atoms with Gasteiger partial charge in [0.05, 0.1) is 0 Å². The molecule has 1 aromatic rings. The summed E-state index contributed by atoms with van der Waals surface area (Å²) in [5.41, 5.74) is 0.451. The Hall–Kier alpha value is -0.440. The van der Waals surface area contributed by atoms with Gasteiger partial charge in [0.2, 0.25) is 0 Å². The highest BCUT2D eigenvalue weighted by Gasteiger charge is 2.21. The summed E-state index contributed by atoms with van der Waals surface area (Å²) in [7, 11) is 0. The molecular weight excluding hydrogens is 274 g/mol. The van der Waals surface area contributed by atoms with E-state index < -0.39 is 0 Å². The number of hydrogen-bond acceptors (Lipinski definition) is 0. The predicted molar refractivity (Wildman–Crippen MR) is 64.6 cm³/mol. The second-order valence-corrected chi connectivity index (χ2v) is 5.62. The lowest BCUT2D eigenvalue weighted by Crippen LogP contribution is -2.02. The summed E-state index contributed by atoms with van der Waals surface area (Å²) in [5.74, 6) is -0.0272. The van der Waals surface area contributed by atoms with Gasteiger partial charge in [0, 0.05) is 10.4 Å². The lowest BCUT2D eigenvalue weighted by molar-refractivity contribution is 0.490. The fraction of sp³-hybridized carbons (Fsp3) is 0.538. The second kappa shape index (κ2) is 5.26. The Labute approximate surface area is 103 Å². The zero-order valence-corrected chi connectivity index (χ0v) is 10.6. The van der Waals surface area contributed by atoms with Crippen molar-refractivity contribution in [2.24, 2.45) is 5.92 Å².